The molecule has 0 atom stereocenters. The van der Waals surface area contributed by atoms with Gasteiger partial charge >= 0.3 is 0 Å². The molecule has 0 spiro atoms. The molecule has 6 heteroatoms. The normalized spacial score (nSPS) is 11.0. The van der Waals surface area contributed by atoms with Crippen LogP contribution in [0.1, 0.15) is 5.56 Å². The smallest absolute Gasteiger partial charge is 0.192 e. The van der Waals surface area contributed by atoms with Gasteiger partial charge in [0.15, 0.2) is 11.6 Å². The van der Waals surface area contributed by atoms with Gasteiger partial charge in [0.05, 0.1) is 11.4 Å². The highest BCUT2D eigenvalue weighted by Gasteiger charge is 2.14. The van der Waals surface area contributed by atoms with Gasteiger partial charge in [-0.2, -0.15) is 4.68 Å². The number of benzene rings is 1. The van der Waals surface area contributed by atoms with Crippen LogP contribution in [0.2, 0.25) is 0 Å². The van der Waals surface area contributed by atoms with Gasteiger partial charge in [0.2, 0.25) is 0 Å². The fourth-order valence-corrected chi connectivity index (χ4v) is 1.95. The molecule has 2 heterocycles. The standard InChI is InChI=1S/C12H8ClFN4/c13-7-8-5-6-15-12(11(8)14)18-10-4-2-1-3-9(10)16-17-18/h1-6H,7H2. The van der Waals surface area contributed by atoms with Gasteiger partial charge in [0, 0.05) is 11.8 Å². The van der Waals surface area contributed by atoms with Crippen LogP contribution in [0.25, 0.3) is 16.9 Å². The van der Waals surface area contributed by atoms with Crippen molar-refractivity contribution in [3.8, 4) is 5.82 Å². The topological polar surface area (TPSA) is 43.6 Å². The zero-order chi connectivity index (χ0) is 12.5. The summed E-state index contributed by atoms with van der Waals surface area (Å²) in [6, 6.07) is 8.85. The van der Waals surface area contributed by atoms with Gasteiger partial charge in [0.25, 0.3) is 0 Å². The second-order valence-corrected chi connectivity index (χ2v) is 4.00. The summed E-state index contributed by atoms with van der Waals surface area (Å²) in [5.74, 6) is -0.265. The largest absolute Gasteiger partial charge is 0.234 e. The number of halogens is 2. The second-order valence-electron chi connectivity index (χ2n) is 3.73. The number of pyridine rings is 1. The van der Waals surface area contributed by atoms with E-state index in [2.05, 4.69) is 15.3 Å². The molecule has 0 N–H and O–H groups in total. The molecule has 0 unspecified atom stereocenters. The first-order valence-electron chi connectivity index (χ1n) is 5.31. The maximum absolute atomic E-state index is 14.1. The van der Waals surface area contributed by atoms with Gasteiger partial charge in [-0.1, -0.05) is 17.3 Å². The third kappa shape index (κ3) is 1.64. The van der Waals surface area contributed by atoms with Gasteiger partial charge in [-0.3, -0.25) is 0 Å². The minimum atomic E-state index is -0.469. The Balaban J connectivity index is 2.26. The maximum atomic E-state index is 14.1. The molecular weight excluding hydrogens is 255 g/mol. The second kappa shape index (κ2) is 4.34. The van der Waals surface area contributed by atoms with E-state index in [-0.39, 0.29) is 11.7 Å². The Labute approximate surface area is 107 Å². The number of aromatic nitrogens is 4. The van der Waals surface area contributed by atoms with Gasteiger partial charge < -0.3 is 0 Å². The van der Waals surface area contributed by atoms with Crippen LogP contribution in [-0.2, 0) is 5.88 Å². The number of nitrogens with zero attached hydrogens (tertiary/aromatic N) is 4. The van der Waals surface area contributed by atoms with Crippen molar-refractivity contribution < 1.29 is 4.39 Å². The highest BCUT2D eigenvalue weighted by atomic mass is 35.5. The first kappa shape index (κ1) is 11.1. The molecule has 90 valence electrons. The van der Waals surface area contributed by atoms with Crippen LogP contribution < -0.4 is 0 Å². The lowest BCUT2D eigenvalue weighted by Gasteiger charge is -2.05. The first-order valence-corrected chi connectivity index (χ1v) is 5.85. The van der Waals surface area contributed by atoms with Crippen LogP contribution in [-0.4, -0.2) is 20.0 Å². The number of rotatable bonds is 2. The lowest BCUT2D eigenvalue weighted by molar-refractivity contribution is 0.589. The van der Waals surface area contributed by atoms with E-state index >= 15 is 0 Å². The third-order valence-corrected chi connectivity index (χ3v) is 2.94. The van der Waals surface area contributed by atoms with Crippen molar-refractivity contribution in [2.24, 2.45) is 0 Å². The average molecular weight is 263 g/mol. The minimum Gasteiger partial charge on any atom is -0.234 e. The summed E-state index contributed by atoms with van der Waals surface area (Å²) in [7, 11) is 0. The van der Waals surface area contributed by atoms with Gasteiger partial charge in [0.1, 0.15) is 5.52 Å². The predicted octanol–water partition coefficient (Wildman–Crippen LogP) is 2.69. The van der Waals surface area contributed by atoms with Crippen molar-refractivity contribution in [2.45, 2.75) is 5.88 Å². The zero-order valence-corrected chi connectivity index (χ0v) is 9.97. The van der Waals surface area contributed by atoms with E-state index in [9.17, 15) is 4.39 Å². The molecule has 0 amide bonds. The molecule has 0 fully saturated rings. The molecule has 0 saturated heterocycles. The summed E-state index contributed by atoms with van der Waals surface area (Å²) in [5, 5.41) is 7.89. The van der Waals surface area contributed by atoms with Crippen molar-refractivity contribution in [2.75, 3.05) is 0 Å². The molecule has 18 heavy (non-hydrogen) atoms. The highest BCUT2D eigenvalue weighted by molar-refractivity contribution is 6.17. The number of alkyl halides is 1. The number of para-hydroxylation sites is 1. The van der Waals surface area contributed by atoms with E-state index in [0.29, 0.717) is 16.6 Å². The van der Waals surface area contributed by atoms with Gasteiger partial charge in [-0.25, -0.2) is 9.37 Å². The highest BCUT2D eigenvalue weighted by Crippen LogP contribution is 2.19. The summed E-state index contributed by atoms with van der Waals surface area (Å²) < 4.78 is 15.5. The number of hydrogen-bond donors (Lipinski definition) is 0. The quantitative estimate of drug-likeness (QED) is 0.667. The lowest BCUT2D eigenvalue weighted by atomic mass is 10.2. The Morgan fingerprint density at radius 1 is 1.22 bits per heavy atom. The van der Waals surface area contributed by atoms with Crippen LogP contribution in [0.15, 0.2) is 36.5 Å². The van der Waals surface area contributed by atoms with E-state index in [1.165, 1.54) is 10.9 Å². The van der Waals surface area contributed by atoms with Gasteiger partial charge in [-0.15, -0.1) is 16.7 Å². The molecule has 0 aliphatic carbocycles. The molecule has 4 nitrogen and oxygen atoms in total. The van der Waals surface area contributed by atoms with Crippen LogP contribution in [0, 0.1) is 5.82 Å². The molecule has 3 aromatic rings. The van der Waals surface area contributed by atoms with E-state index in [1.807, 2.05) is 24.3 Å². The monoisotopic (exact) mass is 262 g/mol. The Bertz CT molecular complexity index is 710. The molecule has 1 aromatic carbocycles. The minimum absolute atomic E-state index is 0.0913. The fraction of sp³-hybridized carbons (Fsp3) is 0.0833. The summed E-state index contributed by atoms with van der Waals surface area (Å²) in [4.78, 5) is 4.01. The molecular formula is C12H8ClFN4. The van der Waals surface area contributed by atoms with E-state index < -0.39 is 5.82 Å². The molecule has 0 bridgehead atoms. The maximum Gasteiger partial charge on any atom is 0.192 e. The van der Waals surface area contributed by atoms with E-state index in [4.69, 9.17) is 11.6 Å². The van der Waals surface area contributed by atoms with E-state index in [0.717, 1.165) is 0 Å². The van der Waals surface area contributed by atoms with Crippen molar-refractivity contribution in [3.05, 3.63) is 47.9 Å². The van der Waals surface area contributed by atoms with Crippen LogP contribution in [0.5, 0.6) is 0 Å². The van der Waals surface area contributed by atoms with Crippen molar-refractivity contribution >= 4 is 22.6 Å². The van der Waals surface area contributed by atoms with Crippen LogP contribution >= 0.6 is 11.6 Å². The van der Waals surface area contributed by atoms with Gasteiger partial charge in [-0.05, 0) is 18.2 Å². The summed E-state index contributed by atoms with van der Waals surface area (Å²) >= 11 is 5.67. The summed E-state index contributed by atoms with van der Waals surface area (Å²) in [6.45, 7) is 0. The average Bonchev–Trinajstić information content (AvgIpc) is 2.83. The fourth-order valence-electron chi connectivity index (χ4n) is 1.75. The van der Waals surface area contributed by atoms with Crippen molar-refractivity contribution in [1.82, 2.24) is 20.0 Å². The Morgan fingerprint density at radius 2 is 2.06 bits per heavy atom. The third-order valence-electron chi connectivity index (χ3n) is 2.65. The predicted molar refractivity (Wildman–Crippen MR) is 66.2 cm³/mol. The molecule has 0 aliphatic heterocycles. The lowest BCUT2D eigenvalue weighted by Crippen LogP contribution is -2.05. The number of fused-ring (bicyclic) bond motifs is 1. The van der Waals surface area contributed by atoms with E-state index in [1.54, 1.807) is 6.07 Å². The Kier molecular flexibility index (Phi) is 2.68. The van der Waals surface area contributed by atoms with Crippen molar-refractivity contribution in [3.63, 3.8) is 0 Å². The van der Waals surface area contributed by atoms with Crippen LogP contribution in [0.3, 0.4) is 0 Å². The molecule has 0 saturated carbocycles. The summed E-state index contributed by atoms with van der Waals surface area (Å²) in [5.41, 5.74) is 1.78. The van der Waals surface area contributed by atoms with Crippen LogP contribution in [0.4, 0.5) is 4.39 Å². The number of hydrogen-bond acceptors (Lipinski definition) is 3. The Hall–Kier alpha value is -2.01. The first-order chi connectivity index (χ1) is 8.81. The molecule has 3 rings (SSSR count). The SMILES string of the molecule is Fc1c(CCl)ccnc1-n1nnc2ccccc21. The Morgan fingerprint density at radius 3 is 2.89 bits per heavy atom. The zero-order valence-electron chi connectivity index (χ0n) is 9.22. The molecule has 2 aromatic heterocycles. The summed E-state index contributed by atoms with van der Waals surface area (Å²) in [6.07, 6.45) is 1.51. The van der Waals surface area contributed by atoms with Crippen molar-refractivity contribution in [1.29, 1.82) is 0 Å². The molecule has 0 radical (unpaired) electrons. The molecule has 0 aliphatic rings.